The summed E-state index contributed by atoms with van der Waals surface area (Å²) in [6.45, 7) is 9.47. The van der Waals surface area contributed by atoms with Gasteiger partial charge in [0.25, 0.3) is 0 Å². The maximum Gasteiger partial charge on any atom is 0.242 e. The Morgan fingerprint density at radius 1 is 1.47 bits per heavy atom. The first-order valence-corrected chi connectivity index (χ1v) is 7.02. The van der Waals surface area contributed by atoms with Crippen molar-refractivity contribution in [3.05, 3.63) is 18.2 Å². The second kappa shape index (κ2) is 7.28. The molecule has 0 fully saturated rings. The monoisotopic (exact) mass is 266 g/mol. The lowest BCUT2D eigenvalue weighted by atomic mass is 9.92. The van der Waals surface area contributed by atoms with E-state index in [4.69, 9.17) is 5.73 Å². The van der Waals surface area contributed by atoms with Gasteiger partial charge in [-0.1, -0.05) is 20.8 Å². The number of aromatic nitrogens is 2. The minimum atomic E-state index is -0.253. The third-order valence-electron chi connectivity index (χ3n) is 3.48. The van der Waals surface area contributed by atoms with E-state index in [2.05, 4.69) is 24.1 Å². The molecule has 0 radical (unpaired) electrons. The quantitative estimate of drug-likeness (QED) is 0.788. The van der Waals surface area contributed by atoms with Crippen molar-refractivity contribution < 1.29 is 4.79 Å². The molecule has 0 aromatic carbocycles. The summed E-state index contributed by atoms with van der Waals surface area (Å²) in [5, 5.41) is 2.91. The molecular weight excluding hydrogens is 240 g/mol. The van der Waals surface area contributed by atoms with Crippen molar-refractivity contribution in [2.75, 3.05) is 13.1 Å². The van der Waals surface area contributed by atoms with Crippen LogP contribution in [0.1, 0.15) is 51.8 Å². The maximum atomic E-state index is 12.0. The number of nitrogens with two attached hydrogens (primary N) is 1. The topological polar surface area (TPSA) is 72.9 Å². The van der Waals surface area contributed by atoms with Crippen molar-refractivity contribution in [3.8, 4) is 0 Å². The maximum absolute atomic E-state index is 12.0. The lowest BCUT2D eigenvalue weighted by Crippen LogP contribution is -2.33. The number of amides is 1. The van der Waals surface area contributed by atoms with Gasteiger partial charge in [0.05, 0.1) is 6.33 Å². The van der Waals surface area contributed by atoms with Gasteiger partial charge in [0.1, 0.15) is 6.04 Å². The number of hydrogen-bond donors (Lipinski definition) is 2. The van der Waals surface area contributed by atoms with Crippen molar-refractivity contribution >= 4 is 5.91 Å². The fourth-order valence-corrected chi connectivity index (χ4v) is 2.18. The summed E-state index contributed by atoms with van der Waals surface area (Å²) in [5.41, 5.74) is 6.89. The van der Waals surface area contributed by atoms with E-state index in [1.54, 1.807) is 6.33 Å². The van der Waals surface area contributed by atoms with Gasteiger partial charge in [-0.05, 0) is 19.3 Å². The van der Waals surface area contributed by atoms with Crippen LogP contribution < -0.4 is 11.1 Å². The standard InChI is InChI=1S/C14H26N4O/c1-5-6-17-14(19)11(4)18-9-16-8-13(18)12(7-15)10(2)3/h8-12H,5-7,15H2,1-4H3,(H,17,19). The smallest absolute Gasteiger partial charge is 0.242 e. The molecule has 1 heterocycles. The first kappa shape index (κ1) is 15.7. The van der Waals surface area contributed by atoms with E-state index >= 15 is 0 Å². The molecule has 1 rings (SSSR count). The van der Waals surface area contributed by atoms with Crippen LogP contribution in [0.15, 0.2) is 12.5 Å². The largest absolute Gasteiger partial charge is 0.354 e. The lowest BCUT2D eigenvalue weighted by molar-refractivity contribution is -0.123. The first-order valence-electron chi connectivity index (χ1n) is 7.02. The minimum absolute atomic E-state index is 0.0284. The van der Waals surface area contributed by atoms with E-state index in [-0.39, 0.29) is 17.9 Å². The van der Waals surface area contributed by atoms with E-state index in [0.717, 1.165) is 12.1 Å². The Labute approximate surface area is 115 Å². The molecule has 1 aromatic rings. The Morgan fingerprint density at radius 2 is 2.16 bits per heavy atom. The molecule has 19 heavy (non-hydrogen) atoms. The number of nitrogens with zero attached hydrogens (tertiary/aromatic N) is 2. The summed E-state index contributed by atoms with van der Waals surface area (Å²) >= 11 is 0. The average molecular weight is 266 g/mol. The van der Waals surface area contributed by atoms with Crippen LogP contribution in [0.5, 0.6) is 0 Å². The Morgan fingerprint density at radius 3 is 2.68 bits per heavy atom. The molecule has 5 nitrogen and oxygen atoms in total. The van der Waals surface area contributed by atoms with E-state index in [1.165, 1.54) is 0 Å². The zero-order chi connectivity index (χ0) is 14.4. The lowest BCUT2D eigenvalue weighted by Gasteiger charge is -2.23. The Kier molecular flexibility index (Phi) is 6.02. The SMILES string of the molecule is CCCNC(=O)C(C)n1cncc1C(CN)C(C)C. The minimum Gasteiger partial charge on any atom is -0.354 e. The highest BCUT2D eigenvalue weighted by molar-refractivity contribution is 5.79. The van der Waals surface area contributed by atoms with Crippen molar-refractivity contribution in [3.63, 3.8) is 0 Å². The molecule has 2 atom stereocenters. The predicted octanol–water partition coefficient (Wildman–Crippen LogP) is 1.67. The van der Waals surface area contributed by atoms with Gasteiger partial charge in [-0.15, -0.1) is 0 Å². The van der Waals surface area contributed by atoms with Gasteiger partial charge in [-0.2, -0.15) is 0 Å². The molecule has 0 aliphatic carbocycles. The molecule has 0 saturated carbocycles. The van der Waals surface area contributed by atoms with Gasteiger partial charge in [0, 0.05) is 30.9 Å². The van der Waals surface area contributed by atoms with Crippen LogP contribution in [0, 0.1) is 5.92 Å². The number of carbonyl (C=O) groups excluding carboxylic acids is 1. The fraction of sp³-hybridized carbons (Fsp3) is 0.714. The molecule has 1 aromatic heterocycles. The Hall–Kier alpha value is -1.36. The predicted molar refractivity (Wildman–Crippen MR) is 76.9 cm³/mol. The second-order valence-electron chi connectivity index (χ2n) is 5.28. The van der Waals surface area contributed by atoms with E-state index in [0.29, 0.717) is 19.0 Å². The molecule has 3 N–H and O–H groups in total. The van der Waals surface area contributed by atoms with E-state index in [1.807, 2.05) is 24.6 Å². The summed E-state index contributed by atoms with van der Waals surface area (Å²) in [5.74, 6) is 0.677. The molecule has 0 aliphatic rings. The summed E-state index contributed by atoms with van der Waals surface area (Å²) < 4.78 is 1.93. The van der Waals surface area contributed by atoms with Gasteiger partial charge < -0.3 is 15.6 Å². The second-order valence-corrected chi connectivity index (χ2v) is 5.28. The van der Waals surface area contributed by atoms with Crippen LogP contribution in [-0.4, -0.2) is 28.5 Å². The average Bonchev–Trinajstić information content (AvgIpc) is 2.84. The third kappa shape index (κ3) is 3.80. The van der Waals surface area contributed by atoms with Gasteiger partial charge in [-0.25, -0.2) is 4.98 Å². The zero-order valence-corrected chi connectivity index (χ0v) is 12.4. The highest BCUT2D eigenvalue weighted by Gasteiger charge is 2.23. The van der Waals surface area contributed by atoms with Crippen molar-refractivity contribution in [2.45, 2.75) is 46.1 Å². The molecule has 5 heteroatoms. The summed E-state index contributed by atoms with van der Waals surface area (Å²) in [4.78, 5) is 16.2. The van der Waals surface area contributed by atoms with Crippen molar-refractivity contribution in [1.82, 2.24) is 14.9 Å². The Bertz CT molecular complexity index is 400. The van der Waals surface area contributed by atoms with Crippen LogP contribution in [0.2, 0.25) is 0 Å². The molecule has 0 saturated heterocycles. The molecule has 0 aliphatic heterocycles. The molecule has 0 spiro atoms. The van der Waals surface area contributed by atoms with Crippen LogP contribution in [0.3, 0.4) is 0 Å². The summed E-state index contributed by atoms with van der Waals surface area (Å²) in [6.07, 6.45) is 4.48. The van der Waals surface area contributed by atoms with Crippen molar-refractivity contribution in [1.29, 1.82) is 0 Å². The fourth-order valence-electron chi connectivity index (χ4n) is 2.18. The van der Waals surface area contributed by atoms with E-state index < -0.39 is 0 Å². The van der Waals surface area contributed by atoms with Crippen LogP contribution in [0.4, 0.5) is 0 Å². The molecule has 1 amide bonds. The molecular formula is C14H26N4O. The third-order valence-corrected chi connectivity index (χ3v) is 3.48. The summed E-state index contributed by atoms with van der Waals surface area (Å²) in [7, 11) is 0. The summed E-state index contributed by atoms with van der Waals surface area (Å²) in [6, 6.07) is -0.253. The van der Waals surface area contributed by atoms with E-state index in [9.17, 15) is 4.79 Å². The molecule has 2 unspecified atom stereocenters. The van der Waals surface area contributed by atoms with Gasteiger partial charge in [0.15, 0.2) is 0 Å². The van der Waals surface area contributed by atoms with Gasteiger partial charge in [0.2, 0.25) is 5.91 Å². The molecule has 0 bridgehead atoms. The number of rotatable bonds is 7. The van der Waals surface area contributed by atoms with Gasteiger partial charge >= 0.3 is 0 Å². The highest BCUT2D eigenvalue weighted by atomic mass is 16.2. The Balaban J connectivity index is 2.89. The first-order chi connectivity index (χ1) is 9.02. The highest BCUT2D eigenvalue weighted by Crippen LogP contribution is 2.25. The number of carbonyl (C=O) groups is 1. The zero-order valence-electron chi connectivity index (χ0n) is 12.4. The van der Waals surface area contributed by atoms with Crippen molar-refractivity contribution in [2.24, 2.45) is 11.7 Å². The van der Waals surface area contributed by atoms with Crippen LogP contribution in [-0.2, 0) is 4.79 Å². The van der Waals surface area contributed by atoms with Crippen LogP contribution in [0.25, 0.3) is 0 Å². The number of nitrogens with one attached hydrogen (secondary N) is 1. The van der Waals surface area contributed by atoms with Gasteiger partial charge in [-0.3, -0.25) is 4.79 Å². The number of hydrogen-bond acceptors (Lipinski definition) is 3. The normalized spacial score (nSPS) is 14.4. The van der Waals surface area contributed by atoms with Crippen LogP contribution >= 0.6 is 0 Å². The molecule has 108 valence electrons. The number of imidazole rings is 1.